The Kier molecular flexibility index (Phi) is 91.3. The number of unbranched alkanes of at least 4 members (excludes halogenated alkanes) is 56. The van der Waals surface area contributed by atoms with E-state index in [2.05, 4.69) is 38.3 Å². The minimum absolute atomic E-state index is 0.126. The number of amides is 2. The Morgan fingerprint density at radius 3 is 0.477 bits per heavy atom. The minimum atomic E-state index is -0.653. The highest BCUT2D eigenvalue weighted by atomic mass is 16.4. The van der Waals surface area contributed by atoms with E-state index in [-0.39, 0.29) is 11.8 Å². The molecule has 0 unspecified atom stereocenters. The number of nitrogens with one attached hydrogen (secondary N) is 2. The summed E-state index contributed by atoms with van der Waals surface area (Å²) in [4.78, 5) is 44.7. The molecule has 0 aliphatic heterocycles. The molecular weight excluding hydrogens is 1060 g/mol. The second-order valence-electron chi connectivity index (χ2n) is 25.9. The van der Waals surface area contributed by atoms with Gasteiger partial charge in [0.05, 0.1) is 0 Å². The fourth-order valence-corrected chi connectivity index (χ4v) is 11.2. The average molecular weight is 1220 g/mol. The molecule has 86 heavy (non-hydrogen) atoms. The first kappa shape index (κ1) is 90.2. The van der Waals surface area contributed by atoms with Gasteiger partial charge in [-0.2, -0.15) is 0 Å². The van der Waals surface area contributed by atoms with Crippen LogP contribution in [0.15, 0.2) is 0 Å². The summed E-state index contributed by atoms with van der Waals surface area (Å²) in [5, 5.41) is 22.9. The van der Waals surface area contributed by atoms with Gasteiger partial charge in [-0.15, -0.1) is 0 Å². The zero-order valence-electron chi connectivity index (χ0n) is 58.8. The van der Waals surface area contributed by atoms with E-state index in [0.717, 1.165) is 51.4 Å². The Bertz CT molecular complexity index is 1180. The lowest BCUT2D eigenvalue weighted by atomic mass is 10.0. The minimum Gasteiger partial charge on any atom is -0.481 e. The Morgan fingerprint density at radius 2 is 0.349 bits per heavy atom. The summed E-state index contributed by atoms with van der Waals surface area (Å²) in [5.74, 6) is -1.05. The van der Waals surface area contributed by atoms with Crippen LogP contribution >= 0.6 is 0 Å². The van der Waals surface area contributed by atoms with Gasteiger partial charge in [0, 0.05) is 51.9 Å². The number of carbonyl (C=O) groups is 4. The van der Waals surface area contributed by atoms with Gasteiger partial charge in [-0.25, -0.2) is 0 Å². The molecule has 0 atom stereocenters. The van der Waals surface area contributed by atoms with Gasteiger partial charge < -0.3 is 32.3 Å². The van der Waals surface area contributed by atoms with Crippen LogP contribution in [0.25, 0.3) is 0 Å². The molecule has 0 radical (unpaired) electrons. The van der Waals surface area contributed by atoms with Gasteiger partial charge in [-0.1, -0.05) is 387 Å². The number of hydrogen-bond acceptors (Lipinski definition) is 6. The lowest BCUT2D eigenvalue weighted by molar-refractivity contribution is -0.138. The van der Waals surface area contributed by atoms with Crippen molar-refractivity contribution in [1.82, 2.24) is 10.6 Å². The fourth-order valence-electron chi connectivity index (χ4n) is 11.2. The van der Waals surface area contributed by atoms with Crippen molar-refractivity contribution in [3.63, 3.8) is 0 Å². The second kappa shape index (κ2) is 87.0. The van der Waals surface area contributed by atoms with Gasteiger partial charge in [0.1, 0.15) is 0 Å². The maximum atomic E-state index is 12.0. The van der Waals surface area contributed by atoms with E-state index in [9.17, 15) is 19.2 Å². The number of rotatable bonds is 68. The topological polar surface area (TPSA) is 185 Å². The van der Waals surface area contributed by atoms with Crippen LogP contribution in [0.5, 0.6) is 0 Å². The molecule has 0 heterocycles. The van der Waals surface area contributed by atoms with Crippen LogP contribution in [-0.4, -0.2) is 60.1 Å². The normalized spacial score (nSPS) is 10.9. The number of hydrogen-bond donors (Lipinski definition) is 6. The lowest BCUT2D eigenvalue weighted by Crippen LogP contribution is -2.34. The smallest absolute Gasteiger partial charge is 0.303 e. The number of carboxylic acid groups (broad SMARTS) is 2. The molecule has 0 rings (SSSR count). The van der Waals surface area contributed by atoms with Gasteiger partial charge in [-0.3, -0.25) is 19.2 Å². The number of carbonyl (C=O) groups excluding carboxylic acids is 2. The van der Waals surface area contributed by atoms with Crippen LogP contribution in [0.1, 0.15) is 439 Å². The van der Waals surface area contributed by atoms with Crippen molar-refractivity contribution in [3.05, 3.63) is 0 Å². The Hall–Kier alpha value is -2.20. The first-order valence-electron chi connectivity index (χ1n) is 38.5. The molecule has 8 N–H and O–H groups in total. The standard InChI is InChI=1S/C38H76N2O2.2C18H36O2.C2H8N2/c1-3-5-7-9-11-13-15-17-19-21-23-25-27-29-31-33-37(41)39-35-36-40-38(42)34-32-30-28-26-24-22-20-18-16-14-12-10-8-6-4-2;2*1-2-3-4-5-6-7-8-9-10-11-12-13-14-15-16-17-18(19)20;3-1-2-4/h3-36H2,1-2H3,(H,39,41)(H,40,42);2*2-17H2,1H3,(H,19,20);1-4H2. The largest absolute Gasteiger partial charge is 0.481 e. The highest BCUT2D eigenvalue weighted by molar-refractivity contribution is 5.77. The van der Waals surface area contributed by atoms with E-state index in [1.807, 2.05) is 0 Å². The third-order valence-corrected chi connectivity index (χ3v) is 16.9. The van der Waals surface area contributed by atoms with Crippen LogP contribution in [0.3, 0.4) is 0 Å². The summed E-state index contributed by atoms with van der Waals surface area (Å²) in [6.07, 6.45) is 81.9. The fraction of sp³-hybridized carbons (Fsp3) is 0.947. The Labute approximate surface area is 537 Å². The van der Waals surface area contributed by atoms with Crippen molar-refractivity contribution < 1.29 is 29.4 Å². The molecule has 0 aliphatic carbocycles. The summed E-state index contributed by atoms with van der Waals surface area (Å²) in [6.45, 7) is 11.4. The molecule has 0 bridgehead atoms. The zero-order chi connectivity index (χ0) is 63.8. The third kappa shape index (κ3) is 98.1. The highest BCUT2D eigenvalue weighted by Crippen LogP contribution is 2.18. The summed E-state index contributed by atoms with van der Waals surface area (Å²) < 4.78 is 0. The van der Waals surface area contributed by atoms with Gasteiger partial charge in [0.15, 0.2) is 0 Å². The summed E-state index contributed by atoms with van der Waals surface area (Å²) in [6, 6.07) is 0. The maximum Gasteiger partial charge on any atom is 0.303 e. The first-order valence-corrected chi connectivity index (χ1v) is 38.5. The average Bonchev–Trinajstić information content (AvgIpc) is 3.50. The Morgan fingerprint density at radius 1 is 0.221 bits per heavy atom. The molecule has 0 aromatic heterocycles. The molecule has 0 spiro atoms. The van der Waals surface area contributed by atoms with E-state index in [0.29, 0.717) is 51.9 Å². The summed E-state index contributed by atoms with van der Waals surface area (Å²) in [7, 11) is 0. The summed E-state index contributed by atoms with van der Waals surface area (Å²) >= 11 is 0. The lowest BCUT2D eigenvalue weighted by Gasteiger charge is -2.07. The van der Waals surface area contributed by atoms with Gasteiger partial charge in [-0.05, 0) is 25.7 Å². The molecule has 10 nitrogen and oxygen atoms in total. The predicted molar refractivity (Wildman–Crippen MR) is 378 cm³/mol. The van der Waals surface area contributed by atoms with Crippen molar-refractivity contribution in [2.75, 3.05) is 26.2 Å². The molecular formula is C76H156N4O6. The number of nitrogens with two attached hydrogens (primary N) is 2. The maximum absolute atomic E-state index is 12.0. The van der Waals surface area contributed by atoms with E-state index < -0.39 is 11.9 Å². The predicted octanol–water partition coefficient (Wildman–Crippen LogP) is 23.3. The van der Waals surface area contributed by atoms with E-state index in [1.165, 1.54) is 334 Å². The van der Waals surface area contributed by atoms with Gasteiger partial charge in [0.25, 0.3) is 0 Å². The monoisotopic (exact) mass is 1220 g/mol. The quantitative estimate of drug-likeness (QED) is 0.0325. The Balaban J connectivity index is -0.000000633. The van der Waals surface area contributed by atoms with Crippen molar-refractivity contribution in [1.29, 1.82) is 0 Å². The molecule has 0 saturated heterocycles. The van der Waals surface area contributed by atoms with E-state index in [1.54, 1.807) is 0 Å². The molecule has 516 valence electrons. The number of aliphatic carboxylic acids is 2. The van der Waals surface area contributed by atoms with Crippen molar-refractivity contribution in [2.45, 2.75) is 439 Å². The van der Waals surface area contributed by atoms with E-state index in [4.69, 9.17) is 21.7 Å². The molecule has 2 amide bonds. The van der Waals surface area contributed by atoms with Crippen LogP contribution < -0.4 is 22.1 Å². The molecule has 0 saturated carbocycles. The van der Waals surface area contributed by atoms with Gasteiger partial charge >= 0.3 is 11.9 Å². The zero-order valence-corrected chi connectivity index (χ0v) is 58.8. The SMILES string of the molecule is CCCCCCCCCCCCCCCCCC(=O)NCCNC(=O)CCCCCCCCCCCCCCCCC.CCCCCCCCCCCCCCCCCC(=O)O.CCCCCCCCCCCCCCCCCC(=O)O.NCCN. The van der Waals surface area contributed by atoms with E-state index >= 15 is 0 Å². The van der Waals surface area contributed by atoms with Crippen molar-refractivity contribution in [3.8, 4) is 0 Å². The molecule has 0 aromatic carbocycles. The van der Waals surface area contributed by atoms with Crippen LogP contribution in [-0.2, 0) is 19.2 Å². The third-order valence-electron chi connectivity index (χ3n) is 16.9. The first-order chi connectivity index (χ1) is 42.2. The molecule has 10 heteroatoms. The van der Waals surface area contributed by atoms with Gasteiger partial charge in [0.2, 0.25) is 11.8 Å². The highest BCUT2D eigenvalue weighted by Gasteiger charge is 2.05. The summed E-state index contributed by atoms with van der Waals surface area (Å²) in [5.41, 5.74) is 9.81. The van der Waals surface area contributed by atoms with Crippen molar-refractivity contribution >= 4 is 23.8 Å². The molecule has 0 fully saturated rings. The van der Waals surface area contributed by atoms with Crippen molar-refractivity contribution in [2.24, 2.45) is 11.5 Å². The second-order valence-corrected chi connectivity index (χ2v) is 25.9. The molecule has 0 aliphatic rings. The molecule has 0 aromatic rings. The number of carboxylic acids is 2. The van der Waals surface area contributed by atoms with Crippen LogP contribution in [0.2, 0.25) is 0 Å². The van der Waals surface area contributed by atoms with Crippen LogP contribution in [0.4, 0.5) is 0 Å². The van der Waals surface area contributed by atoms with Crippen LogP contribution in [0, 0.1) is 0 Å².